The van der Waals surface area contributed by atoms with Crippen molar-refractivity contribution in [3.63, 3.8) is 0 Å². The first-order valence-corrected chi connectivity index (χ1v) is 10.7. The van der Waals surface area contributed by atoms with E-state index in [-0.39, 0.29) is 24.8 Å². The maximum Gasteiger partial charge on any atom is 0.328 e. The second kappa shape index (κ2) is 13.4. The largest absolute Gasteiger partial charge is 0.467 e. The van der Waals surface area contributed by atoms with Crippen molar-refractivity contribution in [2.75, 3.05) is 13.7 Å². The molecule has 3 rings (SSSR count). The SMILES string of the molecule is COC(=O)[C@H](CCCN=C(NC(=O)[C]1[CH][CH][CH][CH]1)NC(=O)[C]1[CH][CH][CH][CH]1)NC(=O)[C]1[CH][CH][CH][CH]1. The molecule has 3 aliphatic carbocycles. The van der Waals surface area contributed by atoms with E-state index in [9.17, 15) is 19.2 Å². The summed E-state index contributed by atoms with van der Waals surface area (Å²) in [6.45, 7) is 0.178. The molecular weight excluding hydrogens is 436 g/mol. The van der Waals surface area contributed by atoms with E-state index in [1.54, 1.807) is 77.0 Å². The highest BCUT2D eigenvalue weighted by atomic mass is 16.5. The van der Waals surface area contributed by atoms with Crippen LogP contribution in [0.3, 0.4) is 0 Å². The van der Waals surface area contributed by atoms with E-state index < -0.39 is 23.8 Å². The van der Waals surface area contributed by atoms with Gasteiger partial charge in [-0.15, -0.1) is 0 Å². The highest BCUT2D eigenvalue weighted by Crippen LogP contribution is 2.24. The van der Waals surface area contributed by atoms with Crippen molar-refractivity contribution in [1.82, 2.24) is 16.0 Å². The summed E-state index contributed by atoms with van der Waals surface area (Å²) in [5.41, 5.74) is 0. The molecule has 0 aromatic rings. The van der Waals surface area contributed by atoms with E-state index in [2.05, 4.69) is 20.9 Å². The van der Waals surface area contributed by atoms with Crippen LogP contribution in [0.15, 0.2) is 4.99 Å². The highest BCUT2D eigenvalue weighted by Gasteiger charge is 2.30. The van der Waals surface area contributed by atoms with Crippen molar-refractivity contribution in [2.24, 2.45) is 4.99 Å². The summed E-state index contributed by atoms with van der Waals surface area (Å²) in [6, 6.07) is -0.858. The summed E-state index contributed by atoms with van der Waals surface area (Å²) in [5, 5.41) is 7.86. The normalized spacial score (nSPS) is 20.0. The molecule has 1 atom stereocenters. The van der Waals surface area contributed by atoms with Gasteiger partial charge in [0.25, 0.3) is 0 Å². The van der Waals surface area contributed by atoms with Gasteiger partial charge in [-0.25, -0.2) is 4.79 Å². The van der Waals surface area contributed by atoms with Crippen molar-refractivity contribution in [3.05, 3.63) is 94.8 Å². The number of hydrogen-bond donors (Lipinski definition) is 3. The van der Waals surface area contributed by atoms with Crippen LogP contribution in [0, 0.1) is 94.8 Å². The lowest BCUT2D eigenvalue weighted by atomic mass is 10.1. The molecule has 175 valence electrons. The monoisotopic (exact) mass is 461 g/mol. The Morgan fingerprint density at radius 1 is 0.765 bits per heavy atom. The Hall–Kier alpha value is -2.45. The Morgan fingerprint density at radius 2 is 1.21 bits per heavy atom. The average Bonchev–Trinajstić information content (AvgIpc) is 3.62. The highest BCUT2D eigenvalue weighted by molar-refractivity contribution is 6.13. The van der Waals surface area contributed by atoms with Crippen LogP contribution in [0.5, 0.6) is 0 Å². The third-order valence-corrected chi connectivity index (χ3v) is 4.95. The fourth-order valence-electron chi connectivity index (χ4n) is 3.16. The number of ether oxygens (including phenoxy) is 1. The molecule has 0 unspecified atom stereocenters. The quantitative estimate of drug-likeness (QED) is 0.196. The van der Waals surface area contributed by atoms with Gasteiger partial charge in [-0.05, 0) is 89.9 Å². The topological polar surface area (TPSA) is 126 Å². The molecule has 0 aromatic carbocycles. The van der Waals surface area contributed by atoms with Crippen LogP contribution in [0.25, 0.3) is 0 Å². The van der Waals surface area contributed by atoms with Gasteiger partial charge in [0.05, 0.1) is 24.9 Å². The average molecular weight is 461 g/mol. The van der Waals surface area contributed by atoms with Gasteiger partial charge in [0.15, 0.2) is 0 Å². The molecule has 3 saturated carbocycles. The second-order valence-electron chi connectivity index (χ2n) is 7.35. The molecule has 0 aromatic heterocycles. The zero-order chi connectivity index (χ0) is 24.3. The zero-order valence-electron chi connectivity index (χ0n) is 18.6. The lowest BCUT2D eigenvalue weighted by Gasteiger charge is -2.18. The Kier molecular flexibility index (Phi) is 10.3. The smallest absolute Gasteiger partial charge is 0.328 e. The van der Waals surface area contributed by atoms with Crippen LogP contribution >= 0.6 is 0 Å². The predicted octanol–water partition coefficient (Wildman–Crippen LogP) is 0.229. The molecule has 0 spiro atoms. The lowest BCUT2D eigenvalue weighted by Crippen LogP contribution is -2.47. The summed E-state index contributed by atoms with van der Waals surface area (Å²) in [5.74, 6) is -0.492. The fraction of sp³-hybridized carbons (Fsp3) is 0.200. The molecule has 9 heteroatoms. The summed E-state index contributed by atoms with van der Waals surface area (Å²) in [4.78, 5) is 53.6. The molecule has 34 heavy (non-hydrogen) atoms. The minimum absolute atomic E-state index is 0.00663. The van der Waals surface area contributed by atoms with Crippen molar-refractivity contribution < 1.29 is 23.9 Å². The van der Waals surface area contributed by atoms with Crippen molar-refractivity contribution >= 4 is 29.7 Å². The maximum absolute atomic E-state index is 12.4. The van der Waals surface area contributed by atoms with E-state index in [0.29, 0.717) is 24.2 Å². The minimum atomic E-state index is -0.858. The molecular formula is C25H25N4O5. The number of aliphatic imine (C=N–C) groups is 1. The first-order valence-electron chi connectivity index (χ1n) is 10.7. The number of nitrogens with one attached hydrogen (secondary N) is 3. The molecule has 0 aliphatic heterocycles. The Balaban J connectivity index is 1.55. The number of methoxy groups -OCH3 is 1. The number of carbonyl (C=O) groups is 4. The molecule has 0 heterocycles. The van der Waals surface area contributed by atoms with Crippen LogP contribution < -0.4 is 16.0 Å². The second-order valence-corrected chi connectivity index (χ2v) is 7.35. The van der Waals surface area contributed by atoms with Crippen molar-refractivity contribution in [3.8, 4) is 0 Å². The molecule has 3 amide bonds. The third-order valence-electron chi connectivity index (χ3n) is 4.95. The molecule has 3 aliphatic rings. The Morgan fingerprint density at radius 3 is 1.65 bits per heavy atom. The number of amides is 3. The van der Waals surface area contributed by atoms with Gasteiger partial charge < -0.3 is 10.1 Å². The summed E-state index contributed by atoms with van der Waals surface area (Å²) >= 11 is 0. The molecule has 15 radical (unpaired) electrons. The number of hydrogen-bond acceptors (Lipinski definition) is 6. The molecule has 3 fully saturated rings. The number of esters is 1. The van der Waals surface area contributed by atoms with E-state index in [1.165, 1.54) is 7.11 Å². The van der Waals surface area contributed by atoms with Gasteiger partial charge >= 0.3 is 5.97 Å². The van der Waals surface area contributed by atoms with E-state index >= 15 is 0 Å². The predicted molar refractivity (Wildman–Crippen MR) is 123 cm³/mol. The molecule has 9 nitrogen and oxygen atoms in total. The summed E-state index contributed by atoms with van der Waals surface area (Å²) in [6.07, 6.45) is 20.8. The van der Waals surface area contributed by atoms with Crippen LogP contribution in [0.2, 0.25) is 0 Å². The zero-order valence-corrected chi connectivity index (χ0v) is 18.6. The fourth-order valence-corrected chi connectivity index (χ4v) is 3.16. The third kappa shape index (κ3) is 7.81. The van der Waals surface area contributed by atoms with E-state index in [1.807, 2.05) is 0 Å². The lowest BCUT2D eigenvalue weighted by molar-refractivity contribution is -0.145. The number of rotatable bonds is 9. The van der Waals surface area contributed by atoms with E-state index in [0.717, 1.165) is 0 Å². The van der Waals surface area contributed by atoms with Gasteiger partial charge in [-0.2, -0.15) is 0 Å². The summed E-state index contributed by atoms with van der Waals surface area (Å²) in [7, 11) is 1.25. The van der Waals surface area contributed by atoms with E-state index in [4.69, 9.17) is 4.74 Å². The van der Waals surface area contributed by atoms with Gasteiger partial charge in [-0.3, -0.25) is 30.0 Å². The van der Waals surface area contributed by atoms with Crippen molar-refractivity contribution in [1.29, 1.82) is 0 Å². The maximum atomic E-state index is 12.4. The minimum Gasteiger partial charge on any atom is -0.467 e. The van der Waals surface area contributed by atoms with Crippen LogP contribution in [-0.4, -0.2) is 49.3 Å². The Labute approximate surface area is 202 Å². The van der Waals surface area contributed by atoms with Crippen LogP contribution in [0.4, 0.5) is 0 Å². The van der Waals surface area contributed by atoms with Crippen LogP contribution in [0.1, 0.15) is 12.8 Å². The number of nitrogens with zero attached hydrogens (tertiary/aromatic N) is 1. The number of carbonyl (C=O) groups excluding carboxylic acids is 4. The molecule has 3 N–H and O–H groups in total. The van der Waals surface area contributed by atoms with Gasteiger partial charge in [0.2, 0.25) is 23.7 Å². The molecule has 0 saturated heterocycles. The van der Waals surface area contributed by atoms with Gasteiger partial charge in [0.1, 0.15) is 6.04 Å². The summed E-state index contributed by atoms with van der Waals surface area (Å²) < 4.78 is 4.79. The first kappa shape index (κ1) is 26.2. The molecule has 0 bridgehead atoms. The van der Waals surface area contributed by atoms with Gasteiger partial charge in [0, 0.05) is 6.54 Å². The van der Waals surface area contributed by atoms with Gasteiger partial charge in [-0.1, -0.05) is 0 Å². The van der Waals surface area contributed by atoms with Crippen LogP contribution in [-0.2, 0) is 23.9 Å². The first-order chi connectivity index (χ1) is 16.5. The van der Waals surface area contributed by atoms with Crippen molar-refractivity contribution in [2.45, 2.75) is 18.9 Å². The Bertz CT molecular complexity index is 718. The standard InChI is InChI=1S/C25H25N4O5/c1-34-24(33)20(27-21(30)17-9-2-3-10-17)15-8-16-26-25(28-22(31)18-11-4-5-12-18)29-23(32)19-13-6-7-14-19/h2-7,9-14,20H,8,15-16H2,1H3,(H,27,30)(H2,26,28,29,31,32)/t20-/m0/s1. The number of guanidine groups is 1.